The summed E-state index contributed by atoms with van der Waals surface area (Å²) in [6.07, 6.45) is -0.327. The molecule has 14 heavy (non-hydrogen) atoms. The van der Waals surface area contributed by atoms with E-state index in [1.54, 1.807) is 6.07 Å². The first-order chi connectivity index (χ1) is 6.61. The van der Waals surface area contributed by atoms with Crippen molar-refractivity contribution in [1.29, 1.82) is 0 Å². The fourth-order valence-corrected chi connectivity index (χ4v) is 1.14. The molecule has 0 aliphatic rings. The minimum atomic E-state index is -2.15. The van der Waals surface area contributed by atoms with Crippen LogP contribution in [-0.4, -0.2) is 29.1 Å². The molecule has 0 aromatic heterocycles. The summed E-state index contributed by atoms with van der Waals surface area (Å²) < 4.78 is 26.5. The Bertz CT molecular complexity index is 298. The maximum Gasteiger partial charge on any atom is 0.160 e. The molecule has 2 N–H and O–H groups in total. The molecule has 0 atom stereocenters. The summed E-state index contributed by atoms with van der Waals surface area (Å²) in [6, 6.07) is 5.71. The van der Waals surface area contributed by atoms with E-state index in [1.807, 2.05) is 0 Å². The summed E-state index contributed by atoms with van der Waals surface area (Å²) in [7, 11) is 0. The van der Waals surface area contributed by atoms with Gasteiger partial charge in [-0.2, -0.15) is 0 Å². The van der Waals surface area contributed by atoms with E-state index in [0.717, 1.165) is 0 Å². The van der Waals surface area contributed by atoms with Gasteiger partial charge in [-0.05, 0) is 11.6 Å². The molecule has 0 spiro atoms. The second-order valence-electron chi connectivity index (χ2n) is 3.24. The van der Waals surface area contributed by atoms with Crippen molar-refractivity contribution in [3.63, 3.8) is 0 Å². The van der Waals surface area contributed by atoms with Crippen molar-refractivity contribution in [2.45, 2.75) is 12.1 Å². The summed E-state index contributed by atoms with van der Waals surface area (Å²) in [6.45, 7) is -1.64. The number of aliphatic hydroxyl groups excluding tert-OH is 2. The topological polar surface area (TPSA) is 40.5 Å². The van der Waals surface area contributed by atoms with Crippen LogP contribution in [0.1, 0.15) is 5.56 Å². The molecule has 1 rings (SSSR count). The first-order valence-corrected chi connectivity index (χ1v) is 4.25. The van der Waals surface area contributed by atoms with Gasteiger partial charge >= 0.3 is 0 Å². The molecule has 0 aliphatic carbocycles. The first kappa shape index (κ1) is 11.1. The van der Waals surface area contributed by atoms with Crippen molar-refractivity contribution >= 4 is 0 Å². The molecule has 0 bridgehead atoms. The number of alkyl halides is 1. The predicted octanol–water partition coefficient (Wildman–Crippen LogP) is 1.06. The molecule has 0 radical (unpaired) electrons. The van der Waals surface area contributed by atoms with Crippen LogP contribution < -0.4 is 0 Å². The summed E-state index contributed by atoms with van der Waals surface area (Å²) in [5, 5.41) is 17.4. The lowest BCUT2D eigenvalue weighted by molar-refractivity contribution is 0.0160. The lowest BCUT2D eigenvalue weighted by Gasteiger charge is -2.20. The summed E-state index contributed by atoms with van der Waals surface area (Å²) >= 11 is 0. The van der Waals surface area contributed by atoms with Crippen molar-refractivity contribution in [2.75, 3.05) is 13.2 Å². The molecule has 1 aromatic carbocycles. The zero-order valence-corrected chi connectivity index (χ0v) is 7.58. The quantitative estimate of drug-likeness (QED) is 0.766. The molecule has 78 valence electrons. The SMILES string of the molecule is OCC(F)(CO)Cc1ccccc1F. The van der Waals surface area contributed by atoms with E-state index < -0.39 is 24.7 Å². The number of hydrogen-bond donors (Lipinski definition) is 2. The van der Waals surface area contributed by atoms with Crippen LogP contribution in [0, 0.1) is 5.82 Å². The number of aliphatic hydroxyl groups is 2. The summed E-state index contributed by atoms with van der Waals surface area (Å²) in [5.41, 5.74) is -2.00. The second-order valence-corrected chi connectivity index (χ2v) is 3.24. The third kappa shape index (κ3) is 2.49. The van der Waals surface area contributed by atoms with Gasteiger partial charge in [-0.1, -0.05) is 18.2 Å². The third-order valence-corrected chi connectivity index (χ3v) is 2.03. The Labute approximate surface area is 80.8 Å². The molecule has 0 heterocycles. The number of halogens is 2. The largest absolute Gasteiger partial charge is 0.393 e. The van der Waals surface area contributed by atoms with Gasteiger partial charge in [0.1, 0.15) is 5.82 Å². The molecular formula is C10H12F2O2. The van der Waals surface area contributed by atoms with Crippen LogP contribution in [0.2, 0.25) is 0 Å². The van der Waals surface area contributed by atoms with Crippen LogP contribution in [0.5, 0.6) is 0 Å². The molecule has 4 heteroatoms. The molecule has 1 aromatic rings. The van der Waals surface area contributed by atoms with Crippen LogP contribution in [0.15, 0.2) is 24.3 Å². The molecule has 0 aliphatic heterocycles. The van der Waals surface area contributed by atoms with Gasteiger partial charge in [-0.15, -0.1) is 0 Å². The highest BCUT2D eigenvalue weighted by atomic mass is 19.1. The monoisotopic (exact) mass is 202 g/mol. The normalized spacial score (nSPS) is 11.7. The van der Waals surface area contributed by atoms with Crippen LogP contribution in [-0.2, 0) is 6.42 Å². The van der Waals surface area contributed by atoms with E-state index >= 15 is 0 Å². The summed E-state index contributed by atoms with van der Waals surface area (Å²) in [5.74, 6) is -0.531. The molecule has 0 unspecified atom stereocenters. The van der Waals surface area contributed by atoms with E-state index in [1.165, 1.54) is 18.2 Å². The van der Waals surface area contributed by atoms with E-state index in [0.29, 0.717) is 0 Å². The Hall–Kier alpha value is -1.00. The number of rotatable bonds is 4. The van der Waals surface area contributed by atoms with E-state index in [-0.39, 0.29) is 12.0 Å². The first-order valence-electron chi connectivity index (χ1n) is 4.25. The second kappa shape index (κ2) is 4.48. The van der Waals surface area contributed by atoms with Crippen molar-refractivity contribution in [3.05, 3.63) is 35.6 Å². The fraction of sp³-hybridized carbons (Fsp3) is 0.400. The highest BCUT2D eigenvalue weighted by molar-refractivity contribution is 5.19. The number of benzene rings is 1. The van der Waals surface area contributed by atoms with Gasteiger partial charge < -0.3 is 10.2 Å². The maximum absolute atomic E-state index is 13.4. The summed E-state index contributed by atoms with van der Waals surface area (Å²) in [4.78, 5) is 0. The Morgan fingerprint density at radius 2 is 1.71 bits per heavy atom. The Balaban J connectivity index is 2.82. The van der Waals surface area contributed by atoms with Gasteiger partial charge in [-0.3, -0.25) is 0 Å². The lowest BCUT2D eigenvalue weighted by Crippen LogP contribution is -2.35. The van der Waals surface area contributed by atoms with Gasteiger partial charge in [0.05, 0.1) is 13.2 Å². The highest BCUT2D eigenvalue weighted by Crippen LogP contribution is 2.19. The molecule has 2 nitrogen and oxygen atoms in total. The molecule has 0 fully saturated rings. The molecule has 0 saturated heterocycles. The highest BCUT2D eigenvalue weighted by Gasteiger charge is 2.29. The minimum absolute atomic E-state index is 0.151. The Morgan fingerprint density at radius 1 is 1.14 bits per heavy atom. The zero-order valence-electron chi connectivity index (χ0n) is 7.58. The van der Waals surface area contributed by atoms with Crippen molar-refractivity contribution in [2.24, 2.45) is 0 Å². The standard InChI is InChI=1S/C10H12F2O2/c11-9-4-2-1-3-8(9)5-10(12,6-13)7-14/h1-4,13-14H,5-7H2. The van der Waals surface area contributed by atoms with Crippen molar-refractivity contribution < 1.29 is 19.0 Å². The van der Waals surface area contributed by atoms with Crippen LogP contribution in [0.25, 0.3) is 0 Å². The fourth-order valence-electron chi connectivity index (χ4n) is 1.14. The predicted molar refractivity (Wildman–Crippen MR) is 48.1 cm³/mol. The number of hydrogen-bond acceptors (Lipinski definition) is 2. The average molecular weight is 202 g/mol. The van der Waals surface area contributed by atoms with E-state index in [9.17, 15) is 8.78 Å². The Morgan fingerprint density at radius 3 is 2.21 bits per heavy atom. The van der Waals surface area contributed by atoms with Gasteiger partial charge in [-0.25, -0.2) is 8.78 Å². The lowest BCUT2D eigenvalue weighted by atomic mass is 9.97. The molecule has 0 saturated carbocycles. The van der Waals surface area contributed by atoms with Crippen molar-refractivity contribution in [3.8, 4) is 0 Å². The van der Waals surface area contributed by atoms with Gasteiger partial charge in [0, 0.05) is 6.42 Å². The molecule has 0 amide bonds. The average Bonchev–Trinajstić information content (AvgIpc) is 2.21. The van der Waals surface area contributed by atoms with Gasteiger partial charge in [0.2, 0.25) is 0 Å². The van der Waals surface area contributed by atoms with Crippen LogP contribution in [0.3, 0.4) is 0 Å². The third-order valence-electron chi connectivity index (χ3n) is 2.03. The van der Waals surface area contributed by atoms with Gasteiger partial charge in [0.25, 0.3) is 0 Å². The Kier molecular flexibility index (Phi) is 3.55. The van der Waals surface area contributed by atoms with Crippen LogP contribution in [0.4, 0.5) is 8.78 Å². The van der Waals surface area contributed by atoms with E-state index in [2.05, 4.69) is 0 Å². The smallest absolute Gasteiger partial charge is 0.160 e. The minimum Gasteiger partial charge on any atom is -0.393 e. The van der Waals surface area contributed by atoms with Crippen molar-refractivity contribution in [1.82, 2.24) is 0 Å². The van der Waals surface area contributed by atoms with Gasteiger partial charge in [0.15, 0.2) is 5.67 Å². The van der Waals surface area contributed by atoms with E-state index in [4.69, 9.17) is 10.2 Å². The zero-order chi connectivity index (χ0) is 10.6. The van der Waals surface area contributed by atoms with Crippen LogP contribution >= 0.6 is 0 Å². The maximum atomic E-state index is 13.4. The molecular weight excluding hydrogens is 190 g/mol.